The summed E-state index contributed by atoms with van der Waals surface area (Å²) >= 11 is 0. The van der Waals surface area contributed by atoms with Crippen molar-refractivity contribution in [2.24, 2.45) is 22.2 Å². The van der Waals surface area contributed by atoms with Gasteiger partial charge in [-0.25, -0.2) is 0 Å². The van der Waals surface area contributed by atoms with Gasteiger partial charge in [0, 0.05) is 6.04 Å². The van der Waals surface area contributed by atoms with E-state index in [2.05, 4.69) is 39.6 Å². The van der Waals surface area contributed by atoms with Crippen LogP contribution in [0.4, 0.5) is 0 Å². The molecular formula is C20H35N. The lowest BCUT2D eigenvalue weighted by atomic mass is 9.39. The van der Waals surface area contributed by atoms with Crippen LogP contribution in [0.1, 0.15) is 79.1 Å². The smallest absolute Gasteiger partial charge is 0.0161 e. The Balaban J connectivity index is 1.88. The molecule has 4 aliphatic carbocycles. The molecule has 0 saturated heterocycles. The first-order valence-corrected chi connectivity index (χ1v) is 9.16. The molecule has 120 valence electrons. The van der Waals surface area contributed by atoms with Gasteiger partial charge in [0.2, 0.25) is 0 Å². The summed E-state index contributed by atoms with van der Waals surface area (Å²) in [6.07, 6.45) is 11.3. The average molecular weight is 290 g/mol. The summed E-state index contributed by atoms with van der Waals surface area (Å²) in [4.78, 5) is 0. The van der Waals surface area contributed by atoms with Crippen molar-refractivity contribution in [3.05, 3.63) is 12.2 Å². The second-order valence-corrected chi connectivity index (χ2v) is 9.66. The van der Waals surface area contributed by atoms with E-state index in [9.17, 15) is 0 Å². The van der Waals surface area contributed by atoms with Gasteiger partial charge in [-0.15, -0.1) is 6.58 Å². The fraction of sp³-hybridized carbons (Fsp3) is 0.900. The molecule has 0 spiro atoms. The molecule has 1 N–H and O–H groups in total. The van der Waals surface area contributed by atoms with Gasteiger partial charge in [0.1, 0.15) is 0 Å². The van der Waals surface area contributed by atoms with Crippen molar-refractivity contribution in [2.45, 2.75) is 85.1 Å². The lowest BCUT2D eigenvalue weighted by molar-refractivity contribution is -0.157. The highest BCUT2D eigenvalue weighted by Crippen LogP contribution is 2.70. The topological polar surface area (TPSA) is 12.0 Å². The minimum Gasteiger partial charge on any atom is -0.313 e. The molecule has 21 heavy (non-hydrogen) atoms. The van der Waals surface area contributed by atoms with Crippen LogP contribution in [0.3, 0.4) is 0 Å². The predicted molar refractivity (Wildman–Crippen MR) is 91.4 cm³/mol. The molecule has 0 aliphatic heterocycles. The molecule has 4 aliphatic rings. The van der Waals surface area contributed by atoms with Gasteiger partial charge in [0.15, 0.2) is 0 Å². The molecule has 0 amide bonds. The Bertz CT molecular complexity index is 406. The van der Waals surface area contributed by atoms with Crippen molar-refractivity contribution in [3.63, 3.8) is 0 Å². The van der Waals surface area contributed by atoms with Crippen molar-refractivity contribution < 1.29 is 0 Å². The van der Waals surface area contributed by atoms with Crippen LogP contribution >= 0.6 is 0 Å². The third-order valence-electron chi connectivity index (χ3n) is 6.60. The minimum atomic E-state index is 0.553. The summed E-state index contributed by atoms with van der Waals surface area (Å²) in [6, 6.07) is 0.664. The highest BCUT2D eigenvalue weighted by Gasteiger charge is 2.61. The van der Waals surface area contributed by atoms with E-state index in [0.717, 1.165) is 12.5 Å². The molecular weight excluding hydrogens is 254 g/mol. The van der Waals surface area contributed by atoms with Gasteiger partial charge >= 0.3 is 0 Å². The summed E-state index contributed by atoms with van der Waals surface area (Å²) in [6.45, 7) is 15.1. The summed E-state index contributed by atoms with van der Waals surface area (Å²) in [7, 11) is 0. The molecule has 4 saturated carbocycles. The Morgan fingerprint density at radius 2 is 1.76 bits per heavy atom. The largest absolute Gasteiger partial charge is 0.313 e. The molecule has 4 bridgehead atoms. The van der Waals surface area contributed by atoms with Gasteiger partial charge in [-0.3, -0.25) is 0 Å². The Labute approximate surface area is 132 Å². The molecule has 0 heterocycles. The summed E-state index contributed by atoms with van der Waals surface area (Å²) in [5.41, 5.74) is 3.15. The first-order valence-electron chi connectivity index (χ1n) is 9.16. The maximum Gasteiger partial charge on any atom is 0.0161 e. The molecule has 4 fully saturated rings. The van der Waals surface area contributed by atoms with Crippen LogP contribution < -0.4 is 5.32 Å². The predicted octanol–water partition coefficient (Wildman–Crippen LogP) is 5.32. The molecule has 3 unspecified atom stereocenters. The van der Waals surface area contributed by atoms with Crippen molar-refractivity contribution in [3.8, 4) is 0 Å². The standard InChI is InChI=1S/C20H35N/c1-6-7-21-17(8-15(2)3)20-11-16-9-18(4,13-20)12-19(5,10-16)14-20/h16-17,21H,2,6-14H2,1,3-5H3. The second kappa shape index (κ2) is 5.11. The van der Waals surface area contributed by atoms with Crippen LogP contribution in [-0.4, -0.2) is 12.6 Å². The average Bonchev–Trinajstić information content (AvgIpc) is 2.29. The van der Waals surface area contributed by atoms with Crippen molar-refractivity contribution in [1.82, 2.24) is 5.32 Å². The maximum absolute atomic E-state index is 4.23. The van der Waals surface area contributed by atoms with Crippen LogP contribution in [-0.2, 0) is 0 Å². The molecule has 0 radical (unpaired) electrons. The summed E-state index contributed by atoms with van der Waals surface area (Å²) in [5.74, 6) is 0.993. The van der Waals surface area contributed by atoms with Crippen molar-refractivity contribution in [2.75, 3.05) is 6.54 Å². The van der Waals surface area contributed by atoms with Gasteiger partial charge in [0.05, 0.1) is 0 Å². The van der Waals surface area contributed by atoms with Gasteiger partial charge in [-0.05, 0) is 87.0 Å². The van der Waals surface area contributed by atoms with E-state index < -0.39 is 0 Å². The molecule has 0 aromatic rings. The quantitative estimate of drug-likeness (QED) is 0.653. The van der Waals surface area contributed by atoms with E-state index in [1.165, 1.54) is 56.9 Å². The lowest BCUT2D eigenvalue weighted by Crippen LogP contribution is -2.61. The SMILES string of the molecule is C=C(C)CC(NCCC)C12CC3CC(C)(CC(C)(C3)C1)C2. The minimum absolute atomic E-state index is 0.553. The van der Waals surface area contributed by atoms with Crippen LogP contribution in [0.15, 0.2) is 12.2 Å². The van der Waals surface area contributed by atoms with Crippen LogP contribution in [0, 0.1) is 22.2 Å². The van der Waals surface area contributed by atoms with E-state index >= 15 is 0 Å². The van der Waals surface area contributed by atoms with E-state index in [1.807, 2.05) is 0 Å². The highest BCUT2D eigenvalue weighted by molar-refractivity contribution is 5.15. The number of hydrogen-bond donors (Lipinski definition) is 1. The fourth-order valence-corrected chi connectivity index (χ4v) is 7.10. The Morgan fingerprint density at radius 3 is 2.24 bits per heavy atom. The van der Waals surface area contributed by atoms with Gasteiger partial charge in [0.25, 0.3) is 0 Å². The van der Waals surface area contributed by atoms with Crippen LogP contribution in [0.5, 0.6) is 0 Å². The molecule has 0 aromatic carbocycles. The maximum atomic E-state index is 4.23. The van der Waals surface area contributed by atoms with Crippen molar-refractivity contribution >= 4 is 0 Å². The molecule has 1 heteroatoms. The first kappa shape index (κ1) is 15.6. The number of nitrogens with one attached hydrogen (secondary N) is 1. The van der Waals surface area contributed by atoms with E-state index in [-0.39, 0.29) is 0 Å². The zero-order chi connectivity index (χ0) is 15.3. The third kappa shape index (κ3) is 2.83. The zero-order valence-corrected chi connectivity index (χ0v) is 14.7. The Kier molecular flexibility index (Phi) is 3.80. The molecule has 0 aromatic heterocycles. The zero-order valence-electron chi connectivity index (χ0n) is 14.7. The van der Waals surface area contributed by atoms with Gasteiger partial charge in [-0.2, -0.15) is 0 Å². The summed E-state index contributed by atoms with van der Waals surface area (Å²) in [5, 5.41) is 3.93. The number of hydrogen-bond acceptors (Lipinski definition) is 1. The fourth-order valence-electron chi connectivity index (χ4n) is 7.10. The molecule has 1 nitrogen and oxygen atoms in total. The van der Waals surface area contributed by atoms with Crippen LogP contribution in [0.2, 0.25) is 0 Å². The molecule has 4 rings (SSSR count). The summed E-state index contributed by atoms with van der Waals surface area (Å²) < 4.78 is 0. The van der Waals surface area contributed by atoms with E-state index in [1.54, 1.807) is 0 Å². The van der Waals surface area contributed by atoms with Crippen molar-refractivity contribution in [1.29, 1.82) is 0 Å². The van der Waals surface area contributed by atoms with Gasteiger partial charge < -0.3 is 5.32 Å². The Hall–Kier alpha value is -0.300. The monoisotopic (exact) mass is 289 g/mol. The normalized spacial score (nSPS) is 45.8. The third-order valence-corrected chi connectivity index (χ3v) is 6.60. The highest BCUT2D eigenvalue weighted by atomic mass is 14.9. The van der Waals surface area contributed by atoms with E-state index in [0.29, 0.717) is 22.3 Å². The second-order valence-electron chi connectivity index (χ2n) is 9.66. The first-order chi connectivity index (χ1) is 9.78. The lowest BCUT2D eigenvalue weighted by Gasteiger charge is -2.67. The van der Waals surface area contributed by atoms with E-state index in [4.69, 9.17) is 0 Å². The molecule has 3 atom stereocenters. The van der Waals surface area contributed by atoms with Crippen LogP contribution in [0.25, 0.3) is 0 Å². The van der Waals surface area contributed by atoms with Gasteiger partial charge in [-0.1, -0.05) is 26.3 Å². The Morgan fingerprint density at radius 1 is 1.14 bits per heavy atom. The number of rotatable bonds is 6.